The molecule has 0 atom stereocenters. The van der Waals surface area contributed by atoms with Crippen LogP contribution in [0.15, 0.2) is 6.33 Å². The Bertz CT molecular complexity index is 449. The molecule has 2 aromatic rings. The molecule has 0 amide bonds. The highest BCUT2D eigenvalue weighted by Gasteiger charge is 2.10. The van der Waals surface area contributed by atoms with Gasteiger partial charge in [-0.2, -0.15) is 5.10 Å². The van der Waals surface area contributed by atoms with Gasteiger partial charge in [0.15, 0.2) is 13.7 Å². The van der Waals surface area contributed by atoms with Crippen molar-refractivity contribution in [1.29, 1.82) is 0 Å². The van der Waals surface area contributed by atoms with E-state index in [9.17, 15) is 0 Å². The van der Waals surface area contributed by atoms with Gasteiger partial charge in [0.1, 0.15) is 11.8 Å². The monoisotopic (exact) mass is 175 g/mol. The number of nitrogens with two attached hydrogens (primary N) is 1. The van der Waals surface area contributed by atoms with Crippen LogP contribution in [0.1, 0.15) is 12.6 Å². The van der Waals surface area contributed by atoms with Crippen LogP contribution < -0.4 is 11.5 Å². The van der Waals surface area contributed by atoms with E-state index in [4.69, 9.17) is 5.73 Å². The number of fused-ring (bicyclic) bond motifs is 1. The molecule has 0 saturated heterocycles. The van der Waals surface area contributed by atoms with Gasteiger partial charge in [-0.3, -0.25) is 0 Å². The first-order valence-corrected chi connectivity index (χ1v) is 4.18. The second-order valence-electron chi connectivity index (χ2n) is 2.86. The Morgan fingerprint density at radius 2 is 2.38 bits per heavy atom. The normalized spacial score (nSPS) is 10.8. The first kappa shape index (κ1) is 8.03. The molecular weight excluding hydrogens is 165 g/mol. The zero-order valence-electron chi connectivity index (χ0n) is 7.65. The van der Waals surface area contributed by atoms with E-state index in [1.54, 1.807) is 4.52 Å². The minimum atomic E-state index is 0.493. The molecule has 2 N–H and O–H groups in total. The summed E-state index contributed by atoms with van der Waals surface area (Å²) in [5.74, 6) is 0.493. The highest BCUT2D eigenvalue weighted by atomic mass is 15.3. The average molecular weight is 175 g/mol. The van der Waals surface area contributed by atoms with Crippen LogP contribution in [0.4, 0.5) is 5.82 Å². The number of anilines is 1. The molecule has 13 heavy (non-hydrogen) atoms. The minimum Gasteiger partial charge on any atom is -0.382 e. The van der Waals surface area contributed by atoms with Crippen LogP contribution in [0, 0.1) is 0 Å². The lowest BCUT2D eigenvalue weighted by molar-refractivity contribution is 0.921. The highest BCUT2D eigenvalue weighted by molar-refractivity contribution is 6.29. The molecule has 0 fully saturated rings. The van der Waals surface area contributed by atoms with Gasteiger partial charge in [-0.1, -0.05) is 6.92 Å². The van der Waals surface area contributed by atoms with Crippen LogP contribution >= 0.6 is 0 Å². The number of nitrogen functional groups attached to an aromatic ring is 1. The van der Waals surface area contributed by atoms with Crippen LogP contribution in [-0.2, 0) is 6.42 Å². The number of hydrogen-bond donors (Lipinski definition) is 1. The van der Waals surface area contributed by atoms with Crippen molar-refractivity contribution < 1.29 is 0 Å². The average Bonchev–Trinajstić information content (AvgIpc) is 2.45. The fourth-order valence-corrected chi connectivity index (χ4v) is 1.42. The second-order valence-corrected chi connectivity index (χ2v) is 2.86. The van der Waals surface area contributed by atoms with Gasteiger partial charge in [0.05, 0.1) is 11.4 Å². The molecule has 5 nitrogen and oxygen atoms in total. The van der Waals surface area contributed by atoms with Crippen molar-refractivity contribution in [3.63, 3.8) is 0 Å². The predicted octanol–water partition coefficient (Wildman–Crippen LogP) is -1.47. The van der Waals surface area contributed by atoms with E-state index in [1.807, 2.05) is 14.8 Å². The van der Waals surface area contributed by atoms with Crippen LogP contribution in [0.5, 0.6) is 0 Å². The molecule has 0 unspecified atom stereocenters. The quantitative estimate of drug-likeness (QED) is 0.537. The summed E-state index contributed by atoms with van der Waals surface area (Å²) in [5, 5.41) is 4.07. The Kier molecular flexibility index (Phi) is 1.68. The molecule has 0 spiro atoms. The highest BCUT2D eigenvalue weighted by Crippen LogP contribution is 2.11. The third kappa shape index (κ3) is 1.06. The third-order valence-electron chi connectivity index (χ3n) is 2.03. The summed E-state index contributed by atoms with van der Waals surface area (Å²) in [6.45, 7) is 2.04. The summed E-state index contributed by atoms with van der Waals surface area (Å²) in [5.41, 5.74) is 8.37. The van der Waals surface area contributed by atoms with Gasteiger partial charge < -0.3 is 5.73 Å². The summed E-state index contributed by atoms with van der Waals surface area (Å²) in [6, 6.07) is 0. The van der Waals surface area contributed by atoms with Crippen LogP contribution in [-0.4, -0.2) is 27.4 Å². The van der Waals surface area contributed by atoms with E-state index in [-0.39, 0.29) is 0 Å². The lowest BCUT2D eigenvalue weighted by Crippen LogP contribution is -2.15. The zero-order valence-corrected chi connectivity index (χ0v) is 7.65. The molecule has 6 heteroatoms. The number of hydrogen-bond acceptors (Lipinski definition) is 4. The van der Waals surface area contributed by atoms with Gasteiger partial charge in [0.25, 0.3) is 0 Å². The number of rotatable bonds is 1. The third-order valence-corrected chi connectivity index (χ3v) is 2.03. The summed E-state index contributed by atoms with van der Waals surface area (Å²) in [4.78, 5) is 8.28. The van der Waals surface area contributed by atoms with Crippen molar-refractivity contribution in [2.45, 2.75) is 13.3 Å². The lowest BCUT2D eigenvalue weighted by Gasteiger charge is -1.97. The lowest BCUT2D eigenvalue weighted by atomic mass is 10.1. The maximum absolute atomic E-state index is 5.73. The summed E-state index contributed by atoms with van der Waals surface area (Å²) in [7, 11) is 1.90. The van der Waals surface area contributed by atoms with Crippen LogP contribution in [0.25, 0.3) is 5.52 Å². The molecule has 2 heterocycles. The van der Waals surface area contributed by atoms with Gasteiger partial charge in [0.2, 0.25) is 0 Å². The Balaban J connectivity index is 2.89. The fourth-order valence-electron chi connectivity index (χ4n) is 1.42. The predicted molar refractivity (Wildman–Crippen MR) is 52.8 cm³/mol. The smallest absolute Gasteiger partial charge is 0.189 e. The maximum Gasteiger partial charge on any atom is 0.189 e. The molecule has 0 aromatic carbocycles. The maximum atomic E-state index is 5.73. The molecule has 2 aromatic heterocycles. The van der Waals surface area contributed by atoms with Gasteiger partial charge in [0, 0.05) is 0 Å². The van der Waals surface area contributed by atoms with Gasteiger partial charge >= 0.3 is 0 Å². The van der Waals surface area contributed by atoms with Crippen molar-refractivity contribution >= 4 is 24.9 Å². The molecule has 0 aliphatic heterocycles. The van der Waals surface area contributed by atoms with Crippen molar-refractivity contribution in [2.75, 3.05) is 5.73 Å². The van der Waals surface area contributed by atoms with Crippen LogP contribution in [0.2, 0.25) is 0 Å². The SMILES string of the molecule is Bc1nc(CC)c2c(N)ncnn12. The molecule has 0 saturated carbocycles. The zero-order chi connectivity index (χ0) is 9.42. The van der Waals surface area contributed by atoms with Gasteiger partial charge in [-0.25, -0.2) is 14.5 Å². The van der Waals surface area contributed by atoms with E-state index >= 15 is 0 Å². The van der Waals surface area contributed by atoms with E-state index in [1.165, 1.54) is 6.33 Å². The Morgan fingerprint density at radius 1 is 1.62 bits per heavy atom. The van der Waals surface area contributed by atoms with Crippen molar-refractivity contribution in [2.24, 2.45) is 0 Å². The van der Waals surface area contributed by atoms with E-state index in [0.717, 1.165) is 23.4 Å². The molecule has 0 bridgehead atoms. The van der Waals surface area contributed by atoms with Gasteiger partial charge in [-0.05, 0) is 6.42 Å². The van der Waals surface area contributed by atoms with E-state index < -0.39 is 0 Å². The molecular formula is C7H10BN5. The van der Waals surface area contributed by atoms with Gasteiger partial charge in [-0.15, -0.1) is 0 Å². The number of aromatic nitrogens is 4. The first-order chi connectivity index (χ1) is 6.24. The van der Waals surface area contributed by atoms with Crippen molar-refractivity contribution in [3.8, 4) is 0 Å². The summed E-state index contributed by atoms with van der Waals surface area (Å²) < 4.78 is 1.72. The largest absolute Gasteiger partial charge is 0.382 e. The molecule has 0 radical (unpaired) electrons. The first-order valence-electron chi connectivity index (χ1n) is 4.18. The summed E-state index contributed by atoms with van der Waals surface area (Å²) in [6.07, 6.45) is 2.28. The summed E-state index contributed by atoms with van der Waals surface area (Å²) >= 11 is 0. The molecule has 66 valence electrons. The van der Waals surface area contributed by atoms with Crippen LogP contribution in [0.3, 0.4) is 0 Å². The molecule has 0 aliphatic rings. The second kappa shape index (κ2) is 2.72. The van der Waals surface area contributed by atoms with E-state index in [0.29, 0.717) is 5.82 Å². The topological polar surface area (TPSA) is 69.1 Å². The Hall–Kier alpha value is -1.59. The molecule has 2 rings (SSSR count). The Labute approximate surface area is 76.4 Å². The minimum absolute atomic E-state index is 0.493. The van der Waals surface area contributed by atoms with E-state index in [2.05, 4.69) is 15.1 Å². The fraction of sp³-hybridized carbons (Fsp3) is 0.286. The number of nitrogens with zero attached hydrogens (tertiary/aromatic N) is 4. The molecule has 0 aliphatic carbocycles. The number of imidazole rings is 1. The van der Waals surface area contributed by atoms with Crippen molar-refractivity contribution in [1.82, 2.24) is 19.6 Å². The van der Waals surface area contributed by atoms with Crippen molar-refractivity contribution in [3.05, 3.63) is 12.0 Å². The Morgan fingerprint density at radius 3 is 3.08 bits per heavy atom. The standard InChI is InChI=1S/C7H10BN5/c1-2-4-5-6(9)10-3-11-13(5)7(8)12-4/h3H,2,8H2,1H3,(H2,9,10,11). The number of aryl methyl sites for hydroxylation is 1.